The number of hydrogen-bond donors (Lipinski definition) is 2. The Bertz CT molecular complexity index is 939. The number of nitrogens with one attached hydrogen (secondary N) is 2. The molecule has 4 rings (SSSR count). The second kappa shape index (κ2) is 7.13. The lowest BCUT2D eigenvalue weighted by atomic mass is 9.89. The molecule has 0 saturated heterocycles. The van der Waals surface area contributed by atoms with Crippen molar-refractivity contribution in [2.24, 2.45) is 5.92 Å². The summed E-state index contributed by atoms with van der Waals surface area (Å²) in [7, 11) is 1.49. The summed E-state index contributed by atoms with van der Waals surface area (Å²) in [5, 5.41) is 2.50. The van der Waals surface area contributed by atoms with Crippen LogP contribution in [0.25, 0.3) is 0 Å². The average Bonchev–Trinajstić information content (AvgIpc) is 3.35. The van der Waals surface area contributed by atoms with Crippen molar-refractivity contribution < 1.29 is 9.59 Å². The third-order valence-electron chi connectivity index (χ3n) is 5.59. The van der Waals surface area contributed by atoms with Crippen molar-refractivity contribution >= 4 is 11.7 Å². The lowest BCUT2D eigenvalue weighted by molar-refractivity contribution is 0.0961. The van der Waals surface area contributed by atoms with E-state index in [2.05, 4.69) is 15.3 Å². The number of aromatic amines is 1. The van der Waals surface area contributed by atoms with Gasteiger partial charge >= 0.3 is 0 Å². The molecule has 2 heterocycles. The topological polar surface area (TPSA) is 96.8 Å². The number of ketones is 1. The van der Waals surface area contributed by atoms with E-state index in [0.29, 0.717) is 24.4 Å². The number of nitrogens with zero attached hydrogens (tertiary/aromatic N) is 2. The minimum atomic E-state index is -0.459. The van der Waals surface area contributed by atoms with Gasteiger partial charge in [0.2, 0.25) is 0 Å². The van der Waals surface area contributed by atoms with Crippen molar-refractivity contribution in [1.29, 1.82) is 0 Å². The summed E-state index contributed by atoms with van der Waals surface area (Å²) in [6, 6.07) is 1.45. The first kappa shape index (κ1) is 17.7. The molecule has 2 aromatic heterocycles. The van der Waals surface area contributed by atoms with Gasteiger partial charge in [-0.25, -0.2) is 4.98 Å². The zero-order chi connectivity index (χ0) is 19.0. The van der Waals surface area contributed by atoms with Crippen LogP contribution >= 0.6 is 0 Å². The number of aromatic nitrogens is 3. The third kappa shape index (κ3) is 3.59. The van der Waals surface area contributed by atoms with Crippen LogP contribution in [0.15, 0.2) is 23.4 Å². The molecule has 1 unspecified atom stereocenters. The van der Waals surface area contributed by atoms with E-state index in [1.54, 1.807) is 12.5 Å². The highest BCUT2D eigenvalue weighted by molar-refractivity contribution is 6.00. The third-order valence-corrected chi connectivity index (χ3v) is 5.59. The van der Waals surface area contributed by atoms with Crippen molar-refractivity contribution in [2.45, 2.75) is 51.0 Å². The molecule has 2 aliphatic carbocycles. The standard InChI is InChI=1S/C20H24N4O3/c1-21-19(26)15-8-14(17(25)7-12-5-6-12)10-24(20(15)27)9-13-3-2-4-16-18(13)23-11-22-16/h8,10-13H,2-7,9H2,1H3,(H,21,26)(H,22,23). The number of pyridine rings is 1. The van der Waals surface area contributed by atoms with Gasteiger partial charge in [-0.05, 0) is 44.1 Å². The summed E-state index contributed by atoms with van der Waals surface area (Å²) in [6.45, 7) is 0.422. The predicted molar refractivity (Wildman–Crippen MR) is 100 cm³/mol. The SMILES string of the molecule is CNC(=O)c1cc(C(=O)CC2CC2)cn(CC2CCCc3[nH]cnc32)c1=O. The fourth-order valence-corrected chi connectivity index (χ4v) is 3.88. The smallest absolute Gasteiger partial charge is 0.263 e. The van der Waals surface area contributed by atoms with Crippen LogP contribution in [-0.2, 0) is 13.0 Å². The molecule has 0 aromatic carbocycles. The largest absolute Gasteiger partial charge is 0.355 e. The number of fused-ring (bicyclic) bond motifs is 1. The first-order valence-corrected chi connectivity index (χ1v) is 9.58. The van der Waals surface area contributed by atoms with Crippen molar-refractivity contribution in [2.75, 3.05) is 7.05 Å². The van der Waals surface area contributed by atoms with Crippen molar-refractivity contribution in [1.82, 2.24) is 19.9 Å². The van der Waals surface area contributed by atoms with Gasteiger partial charge in [-0.2, -0.15) is 0 Å². The number of rotatable bonds is 6. The lowest BCUT2D eigenvalue weighted by Gasteiger charge is -2.22. The van der Waals surface area contributed by atoms with Crippen LogP contribution in [0.3, 0.4) is 0 Å². The normalized spacial score (nSPS) is 18.8. The molecular weight excluding hydrogens is 344 g/mol. The van der Waals surface area contributed by atoms with E-state index in [0.717, 1.165) is 43.5 Å². The van der Waals surface area contributed by atoms with Crippen LogP contribution in [-0.4, -0.2) is 33.3 Å². The van der Waals surface area contributed by atoms with Crippen LogP contribution in [0, 0.1) is 5.92 Å². The number of imidazole rings is 1. The monoisotopic (exact) mass is 368 g/mol. The van der Waals surface area contributed by atoms with E-state index in [-0.39, 0.29) is 22.8 Å². The Kier molecular flexibility index (Phi) is 4.68. The van der Waals surface area contributed by atoms with Gasteiger partial charge in [0.15, 0.2) is 5.78 Å². The molecule has 0 spiro atoms. The van der Waals surface area contributed by atoms with Crippen LogP contribution < -0.4 is 10.9 Å². The Morgan fingerprint density at radius 1 is 1.33 bits per heavy atom. The zero-order valence-electron chi connectivity index (χ0n) is 15.5. The molecular formula is C20H24N4O3. The fourth-order valence-electron chi connectivity index (χ4n) is 3.88. The van der Waals surface area contributed by atoms with Crippen LogP contribution in [0.4, 0.5) is 0 Å². The van der Waals surface area contributed by atoms with Gasteiger partial charge in [0.05, 0.1) is 12.0 Å². The molecule has 1 amide bonds. The molecule has 0 bridgehead atoms. The number of aryl methyl sites for hydroxylation is 1. The second-order valence-electron chi connectivity index (χ2n) is 7.61. The summed E-state index contributed by atoms with van der Waals surface area (Å²) in [6.07, 6.45) is 8.88. The van der Waals surface area contributed by atoms with E-state index >= 15 is 0 Å². The van der Waals surface area contributed by atoms with Crippen LogP contribution in [0.5, 0.6) is 0 Å². The van der Waals surface area contributed by atoms with Crippen LogP contribution in [0.1, 0.15) is 70.1 Å². The van der Waals surface area contributed by atoms with E-state index in [1.165, 1.54) is 17.7 Å². The highest BCUT2D eigenvalue weighted by Crippen LogP contribution is 2.34. The predicted octanol–water partition coefficient (Wildman–Crippen LogP) is 2.03. The molecule has 2 aliphatic rings. The number of H-pyrrole nitrogens is 1. The first-order chi connectivity index (χ1) is 13.1. The molecule has 27 heavy (non-hydrogen) atoms. The number of carbonyl (C=O) groups excluding carboxylic acids is 2. The number of amides is 1. The molecule has 7 nitrogen and oxygen atoms in total. The van der Waals surface area contributed by atoms with Gasteiger partial charge in [-0.1, -0.05) is 0 Å². The second-order valence-corrected chi connectivity index (χ2v) is 7.61. The number of hydrogen-bond acceptors (Lipinski definition) is 4. The maximum Gasteiger partial charge on any atom is 0.263 e. The first-order valence-electron chi connectivity index (χ1n) is 9.58. The molecule has 2 N–H and O–H groups in total. The summed E-state index contributed by atoms with van der Waals surface area (Å²) >= 11 is 0. The molecule has 7 heteroatoms. The average molecular weight is 368 g/mol. The van der Waals surface area contributed by atoms with Gasteiger partial charge in [-0.3, -0.25) is 14.4 Å². The van der Waals surface area contributed by atoms with Gasteiger partial charge in [-0.15, -0.1) is 0 Å². The van der Waals surface area contributed by atoms with Gasteiger partial charge in [0.1, 0.15) is 5.56 Å². The van der Waals surface area contributed by atoms with E-state index in [1.807, 2.05) is 0 Å². The minimum Gasteiger partial charge on any atom is -0.355 e. The Morgan fingerprint density at radius 3 is 2.89 bits per heavy atom. The zero-order valence-corrected chi connectivity index (χ0v) is 15.5. The van der Waals surface area contributed by atoms with Crippen molar-refractivity contribution in [3.05, 3.63) is 51.5 Å². The van der Waals surface area contributed by atoms with E-state index in [9.17, 15) is 14.4 Å². The Labute approximate surface area is 157 Å². The Hall–Kier alpha value is -2.70. The Balaban J connectivity index is 1.69. The summed E-state index contributed by atoms with van der Waals surface area (Å²) in [5.74, 6) is 0.0924. The van der Waals surface area contributed by atoms with Crippen LogP contribution in [0.2, 0.25) is 0 Å². The summed E-state index contributed by atoms with van der Waals surface area (Å²) in [4.78, 5) is 45.3. The number of Topliss-reactive ketones (excluding diaryl/α,β-unsaturated/α-hetero) is 1. The minimum absolute atomic E-state index is 0.000468. The molecule has 1 fully saturated rings. The van der Waals surface area contributed by atoms with Crippen molar-refractivity contribution in [3.8, 4) is 0 Å². The quantitative estimate of drug-likeness (QED) is 0.763. The summed E-state index contributed by atoms with van der Waals surface area (Å²) in [5.41, 5.74) is 2.21. The molecule has 2 aromatic rings. The maximum atomic E-state index is 12.9. The lowest BCUT2D eigenvalue weighted by Crippen LogP contribution is -2.33. The van der Waals surface area contributed by atoms with Gasteiger partial charge in [0.25, 0.3) is 11.5 Å². The maximum absolute atomic E-state index is 12.9. The van der Waals surface area contributed by atoms with E-state index in [4.69, 9.17) is 0 Å². The van der Waals surface area contributed by atoms with E-state index < -0.39 is 5.91 Å². The fraction of sp³-hybridized carbons (Fsp3) is 0.500. The highest BCUT2D eigenvalue weighted by Gasteiger charge is 2.27. The molecule has 142 valence electrons. The molecule has 0 radical (unpaired) electrons. The molecule has 1 atom stereocenters. The van der Waals surface area contributed by atoms with Gasteiger partial charge < -0.3 is 14.9 Å². The highest BCUT2D eigenvalue weighted by atomic mass is 16.2. The van der Waals surface area contributed by atoms with Crippen molar-refractivity contribution in [3.63, 3.8) is 0 Å². The molecule has 0 aliphatic heterocycles. The summed E-state index contributed by atoms with van der Waals surface area (Å²) < 4.78 is 1.53. The molecule has 1 saturated carbocycles. The number of carbonyl (C=O) groups is 2. The Morgan fingerprint density at radius 2 is 2.15 bits per heavy atom. The van der Waals surface area contributed by atoms with Gasteiger partial charge in [0, 0.05) is 43.4 Å².